The Morgan fingerprint density at radius 3 is 2.95 bits per heavy atom. The Kier molecular flexibility index (Phi) is 6.57. The highest BCUT2D eigenvalue weighted by Gasteiger charge is 1.99. The van der Waals surface area contributed by atoms with Crippen LogP contribution in [0.25, 0.3) is 0 Å². The van der Waals surface area contributed by atoms with Crippen LogP contribution in [-0.2, 0) is 17.0 Å². The second kappa shape index (κ2) is 8.74. The van der Waals surface area contributed by atoms with E-state index in [1.165, 1.54) is 10.5 Å². The van der Waals surface area contributed by atoms with Crippen molar-refractivity contribution in [2.45, 2.75) is 17.2 Å². The lowest BCUT2D eigenvalue weighted by molar-refractivity contribution is 0.199. The molecular formula is C16H20N2OS. The van der Waals surface area contributed by atoms with E-state index >= 15 is 0 Å². The van der Waals surface area contributed by atoms with Crippen molar-refractivity contribution in [2.75, 3.05) is 20.3 Å². The first-order valence-corrected chi connectivity index (χ1v) is 7.68. The highest BCUT2D eigenvalue weighted by molar-refractivity contribution is 7.98. The first kappa shape index (κ1) is 15.0. The van der Waals surface area contributed by atoms with Crippen LogP contribution in [0.3, 0.4) is 0 Å². The average molecular weight is 288 g/mol. The molecule has 20 heavy (non-hydrogen) atoms. The Bertz CT molecular complexity index is 505. The second-order valence-electron chi connectivity index (χ2n) is 4.43. The van der Waals surface area contributed by atoms with Gasteiger partial charge in [-0.3, -0.25) is 4.98 Å². The molecule has 0 amide bonds. The largest absolute Gasteiger partial charge is 0.383 e. The van der Waals surface area contributed by atoms with Crippen molar-refractivity contribution in [3.63, 3.8) is 0 Å². The lowest BCUT2D eigenvalue weighted by Crippen LogP contribution is -2.18. The van der Waals surface area contributed by atoms with Crippen LogP contribution in [0.15, 0.2) is 53.6 Å². The summed E-state index contributed by atoms with van der Waals surface area (Å²) < 4.78 is 5.02. The number of thioether (sulfide) groups is 1. The van der Waals surface area contributed by atoms with Crippen LogP contribution in [0.1, 0.15) is 11.3 Å². The molecule has 0 fully saturated rings. The van der Waals surface area contributed by atoms with Gasteiger partial charge in [-0.15, -0.1) is 11.8 Å². The highest BCUT2D eigenvalue weighted by Crippen LogP contribution is 2.22. The van der Waals surface area contributed by atoms with Crippen LogP contribution >= 0.6 is 11.8 Å². The fraction of sp³-hybridized carbons (Fsp3) is 0.312. The maximum atomic E-state index is 5.02. The number of pyridine rings is 1. The second-order valence-corrected chi connectivity index (χ2v) is 5.48. The first-order valence-electron chi connectivity index (χ1n) is 6.70. The van der Waals surface area contributed by atoms with Crippen molar-refractivity contribution in [3.8, 4) is 0 Å². The van der Waals surface area contributed by atoms with Gasteiger partial charge in [0, 0.05) is 37.0 Å². The minimum absolute atomic E-state index is 0.744. The normalized spacial score (nSPS) is 10.7. The molecule has 0 unspecified atom stereocenters. The van der Waals surface area contributed by atoms with Gasteiger partial charge < -0.3 is 10.1 Å². The van der Waals surface area contributed by atoms with E-state index in [4.69, 9.17) is 4.74 Å². The maximum Gasteiger partial charge on any atom is 0.0587 e. The van der Waals surface area contributed by atoms with Gasteiger partial charge >= 0.3 is 0 Å². The number of nitrogens with one attached hydrogen (secondary N) is 1. The standard InChI is InChI=1S/C16H20N2OS/c1-19-10-9-17-12-14-5-4-7-16(11-14)20-13-15-6-2-3-8-18-15/h2-8,11,17H,9-10,12-13H2,1H3. The highest BCUT2D eigenvalue weighted by atomic mass is 32.2. The molecule has 4 heteroatoms. The average Bonchev–Trinajstić information content (AvgIpc) is 2.51. The van der Waals surface area contributed by atoms with E-state index in [0.717, 1.165) is 31.1 Å². The van der Waals surface area contributed by atoms with Gasteiger partial charge in [-0.05, 0) is 29.8 Å². The fourth-order valence-corrected chi connectivity index (χ4v) is 2.69. The molecule has 0 radical (unpaired) electrons. The SMILES string of the molecule is COCCNCc1cccc(SCc2ccccn2)c1. The molecule has 1 aromatic heterocycles. The minimum atomic E-state index is 0.744. The number of hydrogen-bond acceptors (Lipinski definition) is 4. The van der Waals surface area contributed by atoms with Crippen molar-refractivity contribution in [1.29, 1.82) is 0 Å². The van der Waals surface area contributed by atoms with Crippen LogP contribution in [-0.4, -0.2) is 25.2 Å². The third-order valence-corrected chi connectivity index (χ3v) is 3.85. The Morgan fingerprint density at radius 1 is 1.20 bits per heavy atom. The molecule has 106 valence electrons. The van der Waals surface area contributed by atoms with Crippen LogP contribution in [0.4, 0.5) is 0 Å². The van der Waals surface area contributed by atoms with Crippen LogP contribution in [0.2, 0.25) is 0 Å². The molecule has 1 heterocycles. The molecule has 2 aromatic rings. The maximum absolute atomic E-state index is 5.02. The Morgan fingerprint density at radius 2 is 2.15 bits per heavy atom. The summed E-state index contributed by atoms with van der Waals surface area (Å²) in [6.07, 6.45) is 1.84. The van der Waals surface area contributed by atoms with E-state index in [1.807, 2.05) is 30.1 Å². The monoisotopic (exact) mass is 288 g/mol. The third-order valence-electron chi connectivity index (χ3n) is 2.82. The quantitative estimate of drug-likeness (QED) is 0.598. The van der Waals surface area contributed by atoms with Gasteiger partial charge in [0.05, 0.1) is 12.3 Å². The van der Waals surface area contributed by atoms with E-state index in [9.17, 15) is 0 Å². The topological polar surface area (TPSA) is 34.1 Å². The van der Waals surface area contributed by atoms with Gasteiger partial charge in [0.25, 0.3) is 0 Å². The Hall–Kier alpha value is -1.36. The molecule has 3 nitrogen and oxygen atoms in total. The minimum Gasteiger partial charge on any atom is -0.383 e. The molecule has 0 aliphatic heterocycles. The van der Waals surface area contributed by atoms with Crippen molar-refractivity contribution >= 4 is 11.8 Å². The van der Waals surface area contributed by atoms with Gasteiger partial charge in [0.1, 0.15) is 0 Å². The lowest BCUT2D eigenvalue weighted by Gasteiger charge is -2.06. The predicted molar refractivity (Wildman–Crippen MR) is 83.8 cm³/mol. The molecule has 0 bridgehead atoms. The number of benzene rings is 1. The van der Waals surface area contributed by atoms with Crippen molar-refractivity contribution in [3.05, 3.63) is 59.9 Å². The van der Waals surface area contributed by atoms with E-state index in [1.54, 1.807) is 7.11 Å². The number of hydrogen-bond donors (Lipinski definition) is 1. The van der Waals surface area contributed by atoms with Crippen molar-refractivity contribution < 1.29 is 4.74 Å². The van der Waals surface area contributed by atoms with Gasteiger partial charge in [-0.25, -0.2) is 0 Å². The summed E-state index contributed by atoms with van der Waals surface area (Å²) in [4.78, 5) is 5.62. The van der Waals surface area contributed by atoms with Gasteiger partial charge in [0.2, 0.25) is 0 Å². The molecule has 1 N–H and O–H groups in total. The van der Waals surface area contributed by atoms with E-state index in [-0.39, 0.29) is 0 Å². The summed E-state index contributed by atoms with van der Waals surface area (Å²) in [5.41, 5.74) is 2.41. The predicted octanol–water partition coefficient (Wildman–Crippen LogP) is 3.11. The zero-order valence-corrected chi connectivity index (χ0v) is 12.5. The number of ether oxygens (including phenoxy) is 1. The first-order chi connectivity index (χ1) is 9.88. The van der Waals surface area contributed by atoms with Crippen molar-refractivity contribution in [2.24, 2.45) is 0 Å². The summed E-state index contributed by atoms with van der Waals surface area (Å²) in [7, 11) is 1.72. The van der Waals surface area contributed by atoms with E-state index < -0.39 is 0 Å². The summed E-state index contributed by atoms with van der Waals surface area (Å²) >= 11 is 1.82. The molecule has 0 aliphatic rings. The zero-order valence-electron chi connectivity index (χ0n) is 11.7. The van der Waals surface area contributed by atoms with Crippen LogP contribution in [0, 0.1) is 0 Å². The molecule has 0 atom stereocenters. The number of nitrogens with zero attached hydrogens (tertiary/aromatic N) is 1. The van der Waals surface area contributed by atoms with E-state index in [0.29, 0.717) is 0 Å². The molecule has 0 saturated carbocycles. The smallest absolute Gasteiger partial charge is 0.0587 e. The van der Waals surface area contributed by atoms with Gasteiger partial charge in [-0.1, -0.05) is 18.2 Å². The lowest BCUT2D eigenvalue weighted by atomic mass is 10.2. The number of methoxy groups -OCH3 is 1. The summed E-state index contributed by atoms with van der Waals surface area (Å²) in [5.74, 6) is 0.904. The molecule has 2 rings (SSSR count). The molecule has 0 aliphatic carbocycles. The molecular weight excluding hydrogens is 268 g/mol. The van der Waals surface area contributed by atoms with Crippen LogP contribution < -0.4 is 5.32 Å². The van der Waals surface area contributed by atoms with E-state index in [2.05, 4.69) is 40.6 Å². The van der Waals surface area contributed by atoms with Crippen LogP contribution in [0.5, 0.6) is 0 Å². The van der Waals surface area contributed by atoms with Crippen molar-refractivity contribution in [1.82, 2.24) is 10.3 Å². The Balaban J connectivity index is 1.83. The molecule has 0 spiro atoms. The molecule has 1 aromatic carbocycles. The Labute approximate surface area is 124 Å². The van der Waals surface area contributed by atoms with Gasteiger partial charge in [-0.2, -0.15) is 0 Å². The fourth-order valence-electron chi connectivity index (χ4n) is 1.79. The summed E-state index contributed by atoms with van der Waals surface area (Å²) in [6.45, 7) is 2.50. The third kappa shape index (κ3) is 5.33. The summed E-state index contributed by atoms with van der Waals surface area (Å²) in [6, 6.07) is 14.7. The molecule has 0 saturated heterocycles. The number of aromatic nitrogens is 1. The number of rotatable bonds is 8. The zero-order chi connectivity index (χ0) is 14.0. The van der Waals surface area contributed by atoms with Gasteiger partial charge in [0.15, 0.2) is 0 Å². The summed E-state index contributed by atoms with van der Waals surface area (Å²) in [5, 5.41) is 3.36.